The Bertz CT molecular complexity index is 1290. The van der Waals surface area contributed by atoms with Gasteiger partial charge in [0, 0.05) is 54.8 Å². The number of carbonyl (C=O) groups is 2. The van der Waals surface area contributed by atoms with E-state index in [2.05, 4.69) is 25.2 Å². The summed E-state index contributed by atoms with van der Waals surface area (Å²) in [4.78, 5) is 45.2. The van der Waals surface area contributed by atoms with E-state index in [-0.39, 0.29) is 17.6 Å². The number of carbonyl (C=O) groups excluding carboxylic acids is 2. The maximum Gasteiger partial charge on any atom is 0.250 e. The average molecular weight is 561 g/mol. The van der Waals surface area contributed by atoms with Crippen LogP contribution in [0.5, 0.6) is 0 Å². The number of thioether (sulfide) groups is 1. The topological polar surface area (TPSA) is 101 Å². The van der Waals surface area contributed by atoms with Crippen molar-refractivity contribution in [3.63, 3.8) is 0 Å². The van der Waals surface area contributed by atoms with E-state index < -0.39 is 5.54 Å². The van der Waals surface area contributed by atoms with E-state index in [1.165, 1.54) is 11.8 Å². The molecule has 2 amide bonds. The first-order valence-electron chi connectivity index (χ1n) is 13.8. The highest BCUT2D eigenvalue weighted by atomic mass is 32.2. The summed E-state index contributed by atoms with van der Waals surface area (Å²) < 4.78 is 5.46. The molecule has 1 saturated carbocycles. The van der Waals surface area contributed by atoms with E-state index in [0.29, 0.717) is 24.5 Å². The zero-order valence-corrected chi connectivity index (χ0v) is 24.0. The SMILES string of the molecule is Cc1cc(C)nc(SCC(=O)N(Cc2cccnc2)C2(C(=O)Nc3ccc(N4CCOCC4)cc3)CCCC2)n1. The number of hydrogen-bond donors (Lipinski definition) is 1. The molecule has 210 valence electrons. The number of ether oxygens (including phenoxy) is 1. The summed E-state index contributed by atoms with van der Waals surface area (Å²) in [6, 6.07) is 13.6. The number of morpholine rings is 1. The van der Waals surface area contributed by atoms with Crippen LogP contribution in [0.4, 0.5) is 11.4 Å². The maximum absolute atomic E-state index is 14.0. The summed E-state index contributed by atoms with van der Waals surface area (Å²) in [5, 5.41) is 3.71. The van der Waals surface area contributed by atoms with Crippen LogP contribution in [0, 0.1) is 13.8 Å². The molecule has 1 aromatic carbocycles. The number of aryl methyl sites for hydroxylation is 2. The van der Waals surface area contributed by atoms with Gasteiger partial charge in [0.1, 0.15) is 5.54 Å². The lowest BCUT2D eigenvalue weighted by atomic mass is 9.92. The van der Waals surface area contributed by atoms with E-state index in [4.69, 9.17) is 4.74 Å². The Labute approximate surface area is 239 Å². The monoisotopic (exact) mass is 560 g/mol. The predicted octanol–water partition coefficient (Wildman–Crippen LogP) is 4.40. The van der Waals surface area contributed by atoms with Gasteiger partial charge in [-0.2, -0.15) is 0 Å². The molecule has 3 heterocycles. The Kier molecular flexibility index (Phi) is 8.96. The van der Waals surface area contributed by atoms with Gasteiger partial charge in [0.05, 0.1) is 19.0 Å². The summed E-state index contributed by atoms with van der Waals surface area (Å²) in [5.74, 6) is -0.114. The van der Waals surface area contributed by atoms with E-state index in [0.717, 1.165) is 67.5 Å². The molecule has 40 heavy (non-hydrogen) atoms. The molecule has 0 bridgehead atoms. The highest BCUT2D eigenvalue weighted by Gasteiger charge is 2.48. The number of rotatable bonds is 9. The first-order valence-corrected chi connectivity index (χ1v) is 14.8. The van der Waals surface area contributed by atoms with Crippen molar-refractivity contribution < 1.29 is 14.3 Å². The molecule has 10 heteroatoms. The van der Waals surface area contributed by atoms with Crippen LogP contribution in [0.25, 0.3) is 0 Å². The number of amides is 2. The lowest BCUT2D eigenvalue weighted by Crippen LogP contribution is -2.57. The Morgan fingerprint density at radius 2 is 1.75 bits per heavy atom. The smallest absolute Gasteiger partial charge is 0.250 e. The van der Waals surface area contributed by atoms with E-state index >= 15 is 0 Å². The zero-order valence-electron chi connectivity index (χ0n) is 23.1. The third-order valence-corrected chi connectivity index (χ3v) is 8.35. The van der Waals surface area contributed by atoms with Crippen molar-refractivity contribution in [1.29, 1.82) is 0 Å². The van der Waals surface area contributed by atoms with E-state index in [9.17, 15) is 9.59 Å². The van der Waals surface area contributed by atoms with Crippen LogP contribution >= 0.6 is 11.8 Å². The molecular formula is C30H36N6O3S. The van der Waals surface area contributed by atoms with Crippen LogP contribution in [0.15, 0.2) is 60.0 Å². The van der Waals surface area contributed by atoms with Crippen LogP contribution in [0.1, 0.15) is 42.6 Å². The number of nitrogens with one attached hydrogen (secondary N) is 1. The molecule has 2 aromatic heterocycles. The molecule has 1 aliphatic carbocycles. The quantitative estimate of drug-likeness (QED) is 0.304. The first kappa shape index (κ1) is 28.0. The molecule has 0 radical (unpaired) electrons. The predicted molar refractivity (Wildman–Crippen MR) is 156 cm³/mol. The molecular weight excluding hydrogens is 524 g/mol. The Balaban J connectivity index is 1.36. The van der Waals surface area contributed by atoms with Gasteiger partial charge in [-0.3, -0.25) is 14.6 Å². The minimum absolute atomic E-state index is 0.115. The second kappa shape index (κ2) is 12.8. The molecule has 5 rings (SSSR count). The fourth-order valence-electron chi connectivity index (χ4n) is 5.52. The van der Waals surface area contributed by atoms with Crippen LogP contribution in [-0.2, 0) is 20.9 Å². The van der Waals surface area contributed by atoms with Crippen molar-refractivity contribution >= 4 is 35.0 Å². The van der Waals surface area contributed by atoms with Gasteiger partial charge in [-0.05, 0) is 68.7 Å². The van der Waals surface area contributed by atoms with Crippen LogP contribution < -0.4 is 10.2 Å². The van der Waals surface area contributed by atoms with Crippen molar-refractivity contribution in [2.75, 3.05) is 42.3 Å². The molecule has 0 unspecified atom stereocenters. The van der Waals surface area contributed by atoms with Crippen LogP contribution in [0.2, 0.25) is 0 Å². The number of aromatic nitrogens is 3. The molecule has 1 N–H and O–H groups in total. The highest BCUT2D eigenvalue weighted by Crippen LogP contribution is 2.38. The molecule has 1 aliphatic heterocycles. The Morgan fingerprint density at radius 3 is 2.40 bits per heavy atom. The summed E-state index contributed by atoms with van der Waals surface area (Å²) in [5.41, 5.74) is 3.50. The van der Waals surface area contributed by atoms with E-state index in [1.54, 1.807) is 17.3 Å². The Morgan fingerprint density at radius 1 is 1.05 bits per heavy atom. The summed E-state index contributed by atoms with van der Waals surface area (Å²) in [6.45, 7) is 7.29. The van der Waals surface area contributed by atoms with Gasteiger partial charge in [-0.1, -0.05) is 30.7 Å². The number of nitrogens with zero attached hydrogens (tertiary/aromatic N) is 5. The van der Waals surface area contributed by atoms with Gasteiger partial charge in [-0.25, -0.2) is 9.97 Å². The third-order valence-electron chi connectivity index (χ3n) is 7.52. The largest absolute Gasteiger partial charge is 0.378 e. The van der Waals surface area contributed by atoms with Gasteiger partial charge in [0.15, 0.2) is 5.16 Å². The van der Waals surface area contributed by atoms with Gasteiger partial charge < -0.3 is 19.9 Å². The standard InChI is InChI=1S/C30H36N6O3S/c1-22-18-23(2)33-29(32-22)40-21-27(37)36(20-24-6-5-13-31-19-24)30(11-3-4-12-30)28(38)34-25-7-9-26(10-8-25)35-14-16-39-17-15-35/h5-10,13,18-19H,3-4,11-12,14-17,20-21H2,1-2H3,(H,34,38). The zero-order chi connectivity index (χ0) is 28.0. The van der Waals surface area contributed by atoms with Gasteiger partial charge in [-0.15, -0.1) is 0 Å². The molecule has 1 saturated heterocycles. The number of anilines is 2. The lowest BCUT2D eigenvalue weighted by molar-refractivity contribution is -0.144. The fourth-order valence-corrected chi connectivity index (χ4v) is 6.34. The molecule has 2 aliphatic rings. The first-order chi connectivity index (χ1) is 19.4. The number of hydrogen-bond acceptors (Lipinski definition) is 8. The molecule has 0 spiro atoms. The average Bonchev–Trinajstić information content (AvgIpc) is 3.47. The molecule has 0 atom stereocenters. The molecule has 3 aromatic rings. The second-order valence-corrected chi connectivity index (χ2v) is 11.3. The van der Waals surface area contributed by atoms with Gasteiger partial charge in [0.2, 0.25) is 11.8 Å². The lowest BCUT2D eigenvalue weighted by Gasteiger charge is -2.40. The highest BCUT2D eigenvalue weighted by molar-refractivity contribution is 7.99. The van der Waals surface area contributed by atoms with Crippen molar-refractivity contribution in [3.8, 4) is 0 Å². The van der Waals surface area contributed by atoms with Gasteiger partial charge >= 0.3 is 0 Å². The maximum atomic E-state index is 14.0. The van der Waals surface area contributed by atoms with Crippen LogP contribution in [-0.4, -0.2) is 69.3 Å². The van der Waals surface area contributed by atoms with Crippen molar-refractivity contribution in [1.82, 2.24) is 19.9 Å². The van der Waals surface area contributed by atoms with Crippen molar-refractivity contribution in [2.45, 2.75) is 56.8 Å². The summed E-state index contributed by atoms with van der Waals surface area (Å²) in [7, 11) is 0. The second-order valence-electron chi connectivity index (χ2n) is 10.4. The fraction of sp³-hybridized carbons (Fsp3) is 0.433. The summed E-state index contributed by atoms with van der Waals surface area (Å²) >= 11 is 1.31. The third kappa shape index (κ3) is 6.62. The molecule has 9 nitrogen and oxygen atoms in total. The Hall–Kier alpha value is -3.50. The van der Waals surface area contributed by atoms with Crippen molar-refractivity contribution in [3.05, 3.63) is 71.8 Å². The van der Waals surface area contributed by atoms with Crippen LogP contribution in [0.3, 0.4) is 0 Å². The normalized spacial score (nSPS) is 16.5. The minimum atomic E-state index is -0.945. The van der Waals surface area contributed by atoms with Crippen molar-refractivity contribution in [2.24, 2.45) is 0 Å². The molecule has 2 fully saturated rings. The van der Waals surface area contributed by atoms with E-state index in [1.807, 2.05) is 56.3 Å². The van der Waals surface area contributed by atoms with Gasteiger partial charge in [0.25, 0.3) is 0 Å². The minimum Gasteiger partial charge on any atom is -0.378 e. The number of pyridine rings is 1. The number of benzene rings is 1. The summed E-state index contributed by atoms with van der Waals surface area (Å²) in [6.07, 6.45) is 6.46.